The van der Waals surface area contributed by atoms with E-state index in [0.717, 1.165) is 5.56 Å². The van der Waals surface area contributed by atoms with Crippen LogP contribution >= 0.6 is 23.2 Å². The van der Waals surface area contributed by atoms with Gasteiger partial charge in [-0.2, -0.15) is 13.2 Å². The van der Waals surface area contributed by atoms with Crippen LogP contribution < -0.4 is 5.32 Å². The zero-order valence-electron chi connectivity index (χ0n) is 9.17. The predicted molar refractivity (Wildman–Crippen MR) is 63.1 cm³/mol. The van der Waals surface area contributed by atoms with Crippen LogP contribution in [0.2, 0.25) is 10.0 Å². The first-order valence-electron chi connectivity index (χ1n) is 4.59. The van der Waals surface area contributed by atoms with Gasteiger partial charge in [0.1, 0.15) is 0 Å². The first-order valence-corrected chi connectivity index (χ1v) is 5.35. The van der Waals surface area contributed by atoms with Crippen molar-refractivity contribution < 1.29 is 27.9 Å². The van der Waals surface area contributed by atoms with Crippen LogP contribution in [0.5, 0.6) is 0 Å². The fraction of sp³-hybridized carbons (Fsp3) is 0.200. The molecule has 106 valence electrons. The molecule has 0 fully saturated rings. The van der Waals surface area contributed by atoms with Gasteiger partial charge in [-0.1, -0.05) is 29.3 Å². The van der Waals surface area contributed by atoms with E-state index in [-0.39, 0.29) is 0 Å². The highest BCUT2D eigenvalue weighted by Gasteiger charge is 2.38. The summed E-state index contributed by atoms with van der Waals surface area (Å²) in [5.74, 6) is -2.76. The van der Waals surface area contributed by atoms with Crippen molar-refractivity contribution in [2.75, 3.05) is 0 Å². The molecule has 0 atom stereocenters. The molecule has 0 aromatic heterocycles. The maximum atomic E-state index is 10.6. The molecular formula is C10H8Cl2F3NO3. The van der Waals surface area contributed by atoms with Crippen LogP contribution in [0.1, 0.15) is 5.56 Å². The Kier molecular flexibility index (Phi) is 7.25. The number of halogens is 5. The van der Waals surface area contributed by atoms with Gasteiger partial charge in [0.05, 0.1) is 10.0 Å². The SMILES string of the molecule is O=C(O)C(F)(F)F.O=CNCc1ccc(Cl)c(Cl)c1. The summed E-state index contributed by atoms with van der Waals surface area (Å²) in [6.45, 7) is 0.473. The zero-order chi connectivity index (χ0) is 15.1. The van der Waals surface area contributed by atoms with Crippen LogP contribution in [-0.2, 0) is 16.1 Å². The van der Waals surface area contributed by atoms with Crippen LogP contribution in [0, 0.1) is 0 Å². The first kappa shape index (κ1) is 17.5. The molecule has 0 aliphatic carbocycles. The number of hydrogen-bond donors (Lipinski definition) is 2. The molecule has 9 heteroatoms. The van der Waals surface area contributed by atoms with Gasteiger partial charge in [0, 0.05) is 6.54 Å². The molecule has 0 aliphatic rings. The summed E-state index contributed by atoms with van der Waals surface area (Å²) in [6.07, 6.45) is -4.44. The molecule has 0 radical (unpaired) electrons. The fourth-order valence-electron chi connectivity index (χ4n) is 0.809. The van der Waals surface area contributed by atoms with Crippen molar-refractivity contribution in [2.24, 2.45) is 0 Å². The Morgan fingerprint density at radius 2 is 1.84 bits per heavy atom. The van der Waals surface area contributed by atoms with Crippen molar-refractivity contribution in [3.63, 3.8) is 0 Å². The molecule has 0 bridgehead atoms. The predicted octanol–water partition coefficient (Wildman–Crippen LogP) is 2.87. The lowest BCUT2D eigenvalue weighted by Crippen LogP contribution is -2.21. The first-order chi connectivity index (χ1) is 8.68. The Hall–Kier alpha value is -1.47. The largest absolute Gasteiger partial charge is 0.490 e. The van der Waals surface area contributed by atoms with Crippen molar-refractivity contribution in [3.8, 4) is 0 Å². The average Bonchev–Trinajstić information content (AvgIpc) is 2.30. The van der Waals surface area contributed by atoms with Gasteiger partial charge < -0.3 is 10.4 Å². The lowest BCUT2D eigenvalue weighted by atomic mass is 10.2. The average molecular weight is 318 g/mol. The summed E-state index contributed by atoms with van der Waals surface area (Å²) >= 11 is 11.4. The highest BCUT2D eigenvalue weighted by atomic mass is 35.5. The Labute approximate surface area is 116 Å². The van der Waals surface area contributed by atoms with Gasteiger partial charge in [-0.25, -0.2) is 4.79 Å². The summed E-state index contributed by atoms with van der Waals surface area (Å²) in [5.41, 5.74) is 0.927. The second-order valence-electron chi connectivity index (χ2n) is 3.05. The quantitative estimate of drug-likeness (QED) is 0.842. The van der Waals surface area contributed by atoms with E-state index in [4.69, 9.17) is 33.1 Å². The third-order valence-corrected chi connectivity index (χ3v) is 2.36. The molecule has 1 aromatic carbocycles. The standard InChI is InChI=1S/C8H7Cl2NO.C2HF3O2/c9-7-2-1-6(3-8(7)10)4-11-5-12;3-2(4,5)1(6)7/h1-3,5H,4H2,(H,11,12);(H,6,7). The molecule has 1 amide bonds. The van der Waals surface area contributed by atoms with Gasteiger partial charge in [0.2, 0.25) is 6.41 Å². The summed E-state index contributed by atoms with van der Waals surface area (Å²) in [6, 6.07) is 5.23. The summed E-state index contributed by atoms with van der Waals surface area (Å²) < 4.78 is 31.7. The van der Waals surface area contributed by atoms with Crippen LogP contribution in [0.15, 0.2) is 18.2 Å². The van der Waals surface area contributed by atoms with Crippen LogP contribution in [0.3, 0.4) is 0 Å². The van der Waals surface area contributed by atoms with E-state index in [2.05, 4.69) is 5.32 Å². The van der Waals surface area contributed by atoms with E-state index in [1.165, 1.54) is 0 Å². The van der Waals surface area contributed by atoms with E-state index < -0.39 is 12.1 Å². The molecule has 2 N–H and O–H groups in total. The van der Waals surface area contributed by atoms with E-state index in [9.17, 15) is 18.0 Å². The third-order valence-electron chi connectivity index (χ3n) is 1.62. The zero-order valence-corrected chi connectivity index (χ0v) is 10.7. The van der Waals surface area contributed by atoms with E-state index in [1.807, 2.05) is 6.07 Å². The number of carbonyl (C=O) groups is 2. The number of rotatable bonds is 3. The van der Waals surface area contributed by atoms with Crippen LogP contribution in [0.4, 0.5) is 13.2 Å². The van der Waals surface area contributed by atoms with Crippen LogP contribution in [0.25, 0.3) is 0 Å². The number of benzene rings is 1. The Balaban J connectivity index is 0.000000399. The summed E-state index contributed by atoms with van der Waals surface area (Å²) in [7, 11) is 0. The highest BCUT2D eigenvalue weighted by molar-refractivity contribution is 6.42. The van der Waals surface area contributed by atoms with Crippen molar-refractivity contribution in [2.45, 2.75) is 12.7 Å². The van der Waals surface area contributed by atoms with E-state index in [1.54, 1.807) is 12.1 Å². The van der Waals surface area contributed by atoms with Gasteiger partial charge in [0.25, 0.3) is 0 Å². The molecule has 4 nitrogen and oxygen atoms in total. The topological polar surface area (TPSA) is 66.4 Å². The maximum absolute atomic E-state index is 10.6. The van der Waals surface area contributed by atoms with Crippen molar-refractivity contribution in [1.82, 2.24) is 5.32 Å². The number of aliphatic carboxylic acids is 1. The third kappa shape index (κ3) is 7.53. The van der Waals surface area contributed by atoms with Gasteiger partial charge in [-0.3, -0.25) is 4.79 Å². The van der Waals surface area contributed by atoms with Gasteiger partial charge >= 0.3 is 12.1 Å². The number of carboxylic acids is 1. The number of carboxylic acid groups (broad SMARTS) is 1. The van der Waals surface area contributed by atoms with Crippen LogP contribution in [-0.4, -0.2) is 23.7 Å². The smallest absolute Gasteiger partial charge is 0.475 e. The van der Waals surface area contributed by atoms with Gasteiger partial charge in [-0.15, -0.1) is 0 Å². The fourth-order valence-corrected chi connectivity index (χ4v) is 1.13. The number of amides is 1. The summed E-state index contributed by atoms with van der Waals surface area (Å²) in [4.78, 5) is 18.9. The minimum Gasteiger partial charge on any atom is -0.475 e. The summed E-state index contributed by atoms with van der Waals surface area (Å²) in [5, 5.41) is 10.7. The maximum Gasteiger partial charge on any atom is 0.490 e. The van der Waals surface area contributed by atoms with Crippen molar-refractivity contribution >= 4 is 35.6 Å². The van der Waals surface area contributed by atoms with Gasteiger partial charge in [-0.05, 0) is 17.7 Å². The molecule has 19 heavy (non-hydrogen) atoms. The highest BCUT2D eigenvalue weighted by Crippen LogP contribution is 2.22. The number of alkyl halides is 3. The van der Waals surface area contributed by atoms with Crippen molar-refractivity contribution in [3.05, 3.63) is 33.8 Å². The van der Waals surface area contributed by atoms with E-state index in [0.29, 0.717) is 23.0 Å². The molecule has 1 aromatic rings. The molecule has 0 spiro atoms. The molecule has 0 unspecified atom stereocenters. The molecular weight excluding hydrogens is 310 g/mol. The van der Waals surface area contributed by atoms with E-state index >= 15 is 0 Å². The Bertz CT molecular complexity index is 452. The Morgan fingerprint density at radius 3 is 2.21 bits per heavy atom. The molecule has 0 aliphatic heterocycles. The lowest BCUT2D eigenvalue weighted by molar-refractivity contribution is -0.192. The molecule has 0 heterocycles. The Morgan fingerprint density at radius 1 is 1.32 bits per heavy atom. The lowest BCUT2D eigenvalue weighted by Gasteiger charge is -2.01. The molecule has 1 rings (SSSR count). The second kappa shape index (κ2) is 7.85. The monoisotopic (exact) mass is 317 g/mol. The minimum atomic E-state index is -5.08. The molecule has 0 saturated heterocycles. The van der Waals surface area contributed by atoms with Crippen molar-refractivity contribution in [1.29, 1.82) is 0 Å². The number of carbonyl (C=O) groups excluding carboxylic acids is 1. The number of nitrogens with one attached hydrogen (secondary N) is 1. The minimum absolute atomic E-state index is 0.473. The molecule has 0 saturated carbocycles. The van der Waals surface area contributed by atoms with Gasteiger partial charge in [0.15, 0.2) is 0 Å². The number of hydrogen-bond acceptors (Lipinski definition) is 2. The second-order valence-corrected chi connectivity index (χ2v) is 3.86. The normalized spacial score (nSPS) is 10.2.